The minimum atomic E-state index is -0.235. The van der Waals surface area contributed by atoms with Crippen molar-refractivity contribution in [3.8, 4) is 0 Å². The molecule has 1 saturated carbocycles. The summed E-state index contributed by atoms with van der Waals surface area (Å²) in [5, 5.41) is 12.7. The summed E-state index contributed by atoms with van der Waals surface area (Å²) >= 11 is 0. The van der Waals surface area contributed by atoms with Gasteiger partial charge < -0.3 is 20.1 Å². The smallest absolute Gasteiger partial charge is 0.317 e. The predicted octanol–water partition coefficient (Wildman–Crippen LogP) is 1.75. The van der Waals surface area contributed by atoms with Crippen LogP contribution in [0.1, 0.15) is 44.9 Å². The molecule has 1 aliphatic carbocycles. The second-order valence-corrected chi connectivity index (χ2v) is 6.15. The molecule has 0 aromatic heterocycles. The van der Waals surface area contributed by atoms with Gasteiger partial charge in [0.1, 0.15) is 0 Å². The molecule has 0 bridgehead atoms. The van der Waals surface area contributed by atoms with E-state index in [0.29, 0.717) is 19.2 Å². The van der Waals surface area contributed by atoms with Crippen LogP contribution < -0.4 is 5.32 Å². The molecule has 3 atom stereocenters. The molecule has 0 aromatic carbocycles. The first-order valence-electron chi connectivity index (χ1n) is 7.95. The van der Waals surface area contributed by atoms with E-state index < -0.39 is 0 Å². The molecular weight excluding hydrogens is 256 g/mol. The molecule has 2 N–H and O–H groups in total. The maximum absolute atomic E-state index is 12.0. The van der Waals surface area contributed by atoms with Crippen LogP contribution in [0.25, 0.3) is 0 Å². The van der Waals surface area contributed by atoms with Gasteiger partial charge in [-0.2, -0.15) is 0 Å². The number of hydrogen-bond donors (Lipinski definition) is 2. The van der Waals surface area contributed by atoms with Crippen LogP contribution in [-0.2, 0) is 4.74 Å². The van der Waals surface area contributed by atoms with Crippen LogP contribution in [0.4, 0.5) is 4.79 Å². The number of aliphatic hydroxyl groups is 1. The van der Waals surface area contributed by atoms with Gasteiger partial charge in [0.25, 0.3) is 0 Å². The normalized spacial score (nSPS) is 30.2. The first kappa shape index (κ1) is 15.6. The van der Waals surface area contributed by atoms with Crippen molar-refractivity contribution >= 4 is 6.03 Å². The van der Waals surface area contributed by atoms with Gasteiger partial charge in [0.05, 0.1) is 12.2 Å². The third kappa shape index (κ3) is 4.63. The highest BCUT2D eigenvalue weighted by Crippen LogP contribution is 2.25. The van der Waals surface area contributed by atoms with Crippen molar-refractivity contribution in [2.75, 3.05) is 26.7 Å². The maximum Gasteiger partial charge on any atom is 0.317 e. The number of amides is 2. The number of aliphatic hydroxyl groups excluding tert-OH is 1. The molecule has 5 nitrogen and oxygen atoms in total. The van der Waals surface area contributed by atoms with Gasteiger partial charge in [0.2, 0.25) is 0 Å². The molecule has 3 unspecified atom stereocenters. The minimum absolute atomic E-state index is 0.0418. The Morgan fingerprint density at radius 1 is 1.30 bits per heavy atom. The Hall–Kier alpha value is -0.810. The van der Waals surface area contributed by atoms with E-state index in [0.717, 1.165) is 45.1 Å². The monoisotopic (exact) mass is 284 g/mol. The van der Waals surface area contributed by atoms with Crippen molar-refractivity contribution in [2.24, 2.45) is 5.92 Å². The fourth-order valence-electron chi connectivity index (χ4n) is 3.18. The number of carbonyl (C=O) groups is 1. The van der Waals surface area contributed by atoms with Gasteiger partial charge in [-0.3, -0.25) is 0 Å². The number of hydrogen-bond acceptors (Lipinski definition) is 3. The van der Waals surface area contributed by atoms with Gasteiger partial charge in [0.15, 0.2) is 0 Å². The Kier molecular flexibility index (Phi) is 6.10. The molecule has 2 amide bonds. The van der Waals surface area contributed by atoms with Gasteiger partial charge in [-0.25, -0.2) is 4.79 Å². The summed E-state index contributed by atoms with van der Waals surface area (Å²) in [6, 6.07) is -0.0418. The topological polar surface area (TPSA) is 61.8 Å². The summed E-state index contributed by atoms with van der Waals surface area (Å²) in [7, 11) is 1.80. The minimum Gasteiger partial charge on any atom is -0.393 e. The summed E-state index contributed by atoms with van der Waals surface area (Å²) in [5.41, 5.74) is 0. The van der Waals surface area contributed by atoms with Crippen molar-refractivity contribution in [2.45, 2.75) is 57.2 Å². The van der Waals surface area contributed by atoms with Gasteiger partial charge in [-0.05, 0) is 38.5 Å². The highest BCUT2D eigenvalue weighted by molar-refractivity contribution is 5.73. The maximum atomic E-state index is 12.0. The third-order valence-electron chi connectivity index (χ3n) is 4.49. The molecule has 20 heavy (non-hydrogen) atoms. The average molecular weight is 284 g/mol. The Labute approximate surface area is 121 Å². The zero-order chi connectivity index (χ0) is 14.4. The number of nitrogens with one attached hydrogen (secondary N) is 1. The Morgan fingerprint density at radius 3 is 2.80 bits per heavy atom. The quantitative estimate of drug-likeness (QED) is 0.808. The van der Waals surface area contributed by atoms with Crippen molar-refractivity contribution in [1.82, 2.24) is 10.2 Å². The van der Waals surface area contributed by atoms with Crippen molar-refractivity contribution in [1.29, 1.82) is 0 Å². The lowest BCUT2D eigenvalue weighted by atomic mass is 10.1. The van der Waals surface area contributed by atoms with Crippen LogP contribution in [0, 0.1) is 5.92 Å². The lowest BCUT2D eigenvalue weighted by Gasteiger charge is -2.25. The summed E-state index contributed by atoms with van der Waals surface area (Å²) < 4.78 is 5.64. The van der Waals surface area contributed by atoms with Gasteiger partial charge in [-0.1, -0.05) is 6.42 Å². The van der Waals surface area contributed by atoms with E-state index in [-0.39, 0.29) is 18.1 Å². The molecule has 0 aromatic rings. The summed E-state index contributed by atoms with van der Waals surface area (Å²) in [6.07, 6.45) is 7.44. The molecule has 0 radical (unpaired) electrons. The van der Waals surface area contributed by atoms with E-state index >= 15 is 0 Å². The van der Waals surface area contributed by atoms with Gasteiger partial charge >= 0.3 is 6.03 Å². The lowest BCUT2D eigenvalue weighted by molar-refractivity contribution is 0.0118. The molecule has 2 fully saturated rings. The number of urea groups is 1. The van der Waals surface area contributed by atoms with Crippen LogP contribution >= 0.6 is 0 Å². The molecule has 1 heterocycles. The van der Waals surface area contributed by atoms with Crippen molar-refractivity contribution in [3.05, 3.63) is 0 Å². The molecule has 0 spiro atoms. The molecule has 2 rings (SSSR count). The largest absolute Gasteiger partial charge is 0.393 e. The summed E-state index contributed by atoms with van der Waals surface area (Å²) in [5.74, 6) is 0.243. The molecule has 1 saturated heterocycles. The van der Waals surface area contributed by atoms with E-state index in [1.165, 1.54) is 6.42 Å². The van der Waals surface area contributed by atoms with E-state index in [2.05, 4.69) is 5.32 Å². The molecule has 116 valence electrons. The van der Waals surface area contributed by atoms with Crippen LogP contribution in [0.5, 0.6) is 0 Å². The van der Waals surface area contributed by atoms with E-state index in [1.807, 2.05) is 0 Å². The predicted molar refractivity (Wildman–Crippen MR) is 77.6 cm³/mol. The zero-order valence-corrected chi connectivity index (χ0v) is 12.5. The molecule has 5 heteroatoms. The average Bonchev–Trinajstić information content (AvgIpc) is 2.85. The van der Waals surface area contributed by atoms with Gasteiger partial charge in [-0.15, -0.1) is 0 Å². The summed E-state index contributed by atoms with van der Waals surface area (Å²) in [4.78, 5) is 13.7. The fourth-order valence-corrected chi connectivity index (χ4v) is 3.18. The van der Waals surface area contributed by atoms with Crippen molar-refractivity contribution < 1.29 is 14.6 Å². The van der Waals surface area contributed by atoms with E-state index in [1.54, 1.807) is 11.9 Å². The highest BCUT2D eigenvalue weighted by Gasteiger charge is 2.27. The number of carbonyl (C=O) groups excluding carboxylic acids is 1. The summed E-state index contributed by atoms with van der Waals surface area (Å²) in [6.45, 7) is 2.17. The van der Waals surface area contributed by atoms with E-state index in [4.69, 9.17) is 4.74 Å². The molecule has 2 aliphatic rings. The fraction of sp³-hybridized carbons (Fsp3) is 0.933. The second-order valence-electron chi connectivity index (χ2n) is 6.15. The Morgan fingerprint density at radius 2 is 2.15 bits per heavy atom. The van der Waals surface area contributed by atoms with Crippen molar-refractivity contribution in [3.63, 3.8) is 0 Å². The molecule has 1 aliphatic heterocycles. The SMILES string of the molecule is CN(CC1CCCC1O)C(=O)NCCC1CCCCO1. The number of nitrogens with zero attached hydrogens (tertiary/aromatic N) is 1. The number of rotatable bonds is 5. The Bertz CT molecular complexity index is 305. The van der Waals surface area contributed by atoms with E-state index in [9.17, 15) is 9.90 Å². The molecular formula is C15H28N2O3. The van der Waals surface area contributed by atoms with Crippen LogP contribution in [-0.4, -0.2) is 55.0 Å². The number of ether oxygens (including phenoxy) is 1. The first-order chi connectivity index (χ1) is 9.66. The lowest BCUT2D eigenvalue weighted by Crippen LogP contribution is -2.42. The van der Waals surface area contributed by atoms with Crippen LogP contribution in [0.3, 0.4) is 0 Å². The van der Waals surface area contributed by atoms with Crippen LogP contribution in [0.15, 0.2) is 0 Å². The highest BCUT2D eigenvalue weighted by atomic mass is 16.5. The second kappa shape index (κ2) is 7.84. The standard InChI is InChI=1S/C15H28N2O3/c1-17(11-12-5-4-7-14(12)18)15(19)16-9-8-13-6-2-3-10-20-13/h12-14,18H,2-11H2,1H3,(H,16,19). The third-order valence-corrected chi connectivity index (χ3v) is 4.49. The van der Waals surface area contributed by atoms with Gasteiger partial charge in [0, 0.05) is 32.7 Å². The Balaban J connectivity index is 1.60. The van der Waals surface area contributed by atoms with Crippen LogP contribution in [0.2, 0.25) is 0 Å². The zero-order valence-electron chi connectivity index (χ0n) is 12.5. The first-order valence-corrected chi connectivity index (χ1v) is 7.95.